The van der Waals surface area contributed by atoms with E-state index in [4.69, 9.17) is 5.11 Å². The summed E-state index contributed by atoms with van der Waals surface area (Å²) in [6, 6.07) is 5.81. The van der Waals surface area contributed by atoms with Crippen molar-refractivity contribution in [3.63, 3.8) is 0 Å². The summed E-state index contributed by atoms with van der Waals surface area (Å²) >= 11 is 0. The molecule has 1 aromatic carbocycles. The number of aryl methyl sites for hydroxylation is 1. The number of rotatable bonds is 2. The second-order valence-electron chi connectivity index (χ2n) is 4.30. The first kappa shape index (κ1) is 15.2. The first-order chi connectivity index (χ1) is 7.75. The van der Waals surface area contributed by atoms with E-state index in [-0.39, 0.29) is 5.57 Å². The van der Waals surface area contributed by atoms with Gasteiger partial charge in [-0.3, -0.25) is 0 Å². The zero-order valence-electron chi connectivity index (χ0n) is 10.8. The second-order valence-corrected chi connectivity index (χ2v) is 4.30. The molecule has 0 saturated carbocycles. The summed E-state index contributed by atoms with van der Waals surface area (Å²) in [5.41, 5.74) is 2.30. The van der Waals surface area contributed by atoms with Crippen molar-refractivity contribution in [1.82, 2.24) is 0 Å². The summed E-state index contributed by atoms with van der Waals surface area (Å²) in [6.07, 6.45) is 0. The van der Waals surface area contributed by atoms with Crippen LogP contribution in [0.15, 0.2) is 30.4 Å². The Kier molecular flexibility index (Phi) is 6.03. The number of benzene rings is 1. The minimum absolute atomic E-state index is 0.176. The van der Waals surface area contributed by atoms with Crippen molar-refractivity contribution < 1.29 is 15.0 Å². The predicted octanol–water partition coefficient (Wildman–Crippen LogP) is 3.47. The van der Waals surface area contributed by atoms with E-state index < -0.39 is 5.97 Å². The van der Waals surface area contributed by atoms with Gasteiger partial charge in [-0.15, -0.1) is 0 Å². The van der Waals surface area contributed by atoms with Gasteiger partial charge in [-0.2, -0.15) is 0 Å². The van der Waals surface area contributed by atoms with Gasteiger partial charge in [-0.1, -0.05) is 32.6 Å². The van der Waals surface area contributed by atoms with Crippen molar-refractivity contribution >= 4 is 5.97 Å². The molecule has 1 rings (SSSR count). The van der Waals surface area contributed by atoms with Crippen LogP contribution in [0, 0.1) is 6.92 Å². The van der Waals surface area contributed by atoms with Crippen LogP contribution < -0.4 is 0 Å². The third-order valence-electron chi connectivity index (χ3n) is 2.17. The molecule has 0 amide bonds. The second kappa shape index (κ2) is 6.74. The largest absolute Gasteiger partial charge is 0.508 e. The maximum atomic E-state index is 9.60. The zero-order valence-corrected chi connectivity index (χ0v) is 10.8. The van der Waals surface area contributed by atoms with E-state index in [0.717, 1.165) is 11.1 Å². The standard InChI is InChI=1S/C10H14O.C4H6O2/c1-7(2)9-5-4-8(3)6-10(9)11;1-3(2)4(5)6/h4-7,11H,1-3H3;1H2,2H3,(H,5,6). The number of carbonyl (C=O) groups is 1. The Bertz CT molecular complexity index is 394. The molecule has 0 aliphatic rings. The first-order valence-electron chi connectivity index (χ1n) is 5.44. The summed E-state index contributed by atoms with van der Waals surface area (Å²) in [6.45, 7) is 10.7. The average molecular weight is 236 g/mol. The third kappa shape index (κ3) is 5.76. The van der Waals surface area contributed by atoms with Gasteiger partial charge < -0.3 is 10.2 Å². The zero-order chi connectivity index (χ0) is 13.6. The highest BCUT2D eigenvalue weighted by Crippen LogP contribution is 2.25. The lowest BCUT2D eigenvalue weighted by molar-refractivity contribution is -0.132. The number of phenols is 1. The molecule has 0 heterocycles. The SMILES string of the molecule is C=C(C)C(=O)O.Cc1ccc(C(C)C)c(O)c1. The number of phenolic OH excluding ortho intramolecular Hbond substituents is 1. The fourth-order valence-corrected chi connectivity index (χ4v) is 1.14. The van der Waals surface area contributed by atoms with Crippen LogP contribution >= 0.6 is 0 Å². The number of carboxylic acids is 1. The first-order valence-corrected chi connectivity index (χ1v) is 5.44. The fraction of sp³-hybridized carbons (Fsp3) is 0.357. The van der Waals surface area contributed by atoms with Gasteiger partial charge in [-0.25, -0.2) is 4.79 Å². The van der Waals surface area contributed by atoms with Crippen molar-refractivity contribution in [2.24, 2.45) is 0 Å². The molecule has 0 spiro atoms. The number of aromatic hydroxyl groups is 1. The molecule has 0 aliphatic carbocycles. The van der Waals surface area contributed by atoms with Crippen LogP contribution in [-0.4, -0.2) is 16.2 Å². The van der Waals surface area contributed by atoms with Crippen LogP contribution in [0.25, 0.3) is 0 Å². The van der Waals surface area contributed by atoms with E-state index in [1.54, 1.807) is 6.07 Å². The monoisotopic (exact) mass is 236 g/mol. The summed E-state index contributed by atoms with van der Waals surface area (Å²) in [4.78, 5) is 9.60. The Hall–Kier alpha value is -1.77. The normalized spacial score (nSPS) is 9.47. The molecular weight excluding hydrogens is 216 g/mol. The lowest BCUT2D eigenvalue weighted by Gasteiger charge is -2.07. The maximum Gasteiger partial charge on any atom is 0.330 e. The van der Waals surface area contributed by atoms with Crippen molar-refractivity contribution in [2.75, 3.05) is 0 Å². The Balaban J connectivity index is 0.000000366. The Morgan fingerprint density at radius 2 is 1.82 bits per heavy atom. The highest BCUT2D eigenvalue weighted by atomic mass is 16.4. The molecule has 3 nitrogen and oxygen atoms in total. The molecule has 17 heavy (non-hydrogen) atoms. The van der Waals surface area contributed by atoms with Gasteiger partial charge in [0, 0.05) is 5.57 Å². The lowest BCUT2D eigenvalue weighted by atomic mass is 10.0. The third-order valence-corrected chi connectivity index (χ3v) is 2.17. The van der Waals surface area contributed by atoms with Crippen LogP contribution in [0.3, 0.4) is 0 Å². The highest BCUT2D eigenvalue weighted by Gasteiger charge is 2.03. The maximum absolute atomic E-state index is 9.60. The molecule has 0 aromatic heterocycles. The number of carboxylic acid groups (broad SMARTS) is 1. The van der Waals surface area contributed by atoms with Crippen molar-refractivity contribution in [3.8, 4) is 5.75 Å². The molecule has 3 heteroatoms. The van der Waals surface area contributed by atoms with Crippen molar-refractivity contribution in [1.29, 1.82) is 0 Å². The molecule has 0 radical (unpaired) electrons. The smallest absolute Gasteiger partial charge is 0.330 e. The van der Waals surface area contributed by atoms with E-state index in [9.17, 15) is 9.90 Å². The van der Waals surface area contributed by atoms with Gasteiger partial charge in [0.15, 0.2) is 0 Å². The lowest BCUT2D eigenvalue weighted by Crippen LogP contribution is -1.92. The number of hydrogen-bond acceptors (Lipinski definition) is 2. The van der Waals surface area contributed by atoms with E-state index in [2.05, 4.69) is 20.4 Å². The van der Waals surface area contributed by atoms with Crippen LogP contribution in [0.4, 0.5) is 0 Å². The van der Waals surface area contributed by atoms with Crippen LogP contribution in [0.2, 0.25) is 0 Å². The molecule has 0 bridgehead atoms. The van der Waals surface area contributed by atoms with Crippen LogP contribution in [-0.2, 0) is 4.79 Å². The molecule has 94 valence electrons. The minimum Gasteiger partial charge on any atom is -0.508 e. The van der Waals surface area contributed by atoms with Crippen LogP contribution in [0.5, 0.6) is 5.75 Å². The van der Waals surface area contributed by atoms with E-state index in [0.29, 0.717) is 11.7 Å². The molecule has 0 saturated heterocycles. The van der Waals surface area contributed by atoms with Gasteiger partial charge in [0.25, 0.3) is 0 Å². The molecule has 0 unspecified atom stereocenters. The Labute approximate surface area is 102 Å². The van der Waals surface area contributed by atoms with Gasteiger partial charge >= 0.3 is 5.97 Å². The summed E-state index contributed by atoms with van der Waals surface area (Å²) in [5, 5.41) is 17.4. The molecule has 2 N–H and O–H groups in total. The molecule has 0 fully saturated rings. The number of aliphatic carboxylic acids is 1. The predicted molar refractivity (Wildman–Crippen MR) is 69.4 cm³/mol. The van der Waals surface area contributed by atoms with Gasteiger partial charge in [0.05, 0.1) is 0 Å². The molecule has 0 atom stereocenters. The Morgan fingerprint density at radius 1 is 1.35 bits per heavy atom. The summed E-state index contributed by atoms with van der Waals surface area (Å²) in [7, 11) is 0. The van der Waals surface area contributed by atoms with E-state index in [1.807, 2.05) is 19.1 Å². The van der Waals surface area contributed by atoms with E-state index >= 15 is 0 Å². The summed E-state index contributed by atoms with van der Waals surface area (Å²) < 4.78 is 0. The van der Waals surface area contributed by atoms with Crippen molar-refractivity contribution in [2.45, 2.75) is 33.6 Å². The van der Waals surface area contributed by atoms with Gasteiger partial charge in [0.2, 0.25) is 0 Å². The topological polar surface area (TPSA) is 57.5 Å². The average Bonchev–Trinajstić information content (AvgIpc) is 2.17. The fourth-order valence-electron chi connectivity index (χ4n) is 1.14. The number of hydrogen-bond donors (Lipinski definition) is 2. The Morgan fingerprint density at radius 3 is 2.12 bits per heavy atom. The van der Waals surface area contributed by atoms with Gasteiger partial charge in [-0.05, 0) is 37.0 Å². The molecule has 0 aliphatic heterocycles. The summed E-state index contributed by atoms with van der Waals surface area (Å²) in [5.74, 6) is -0.120. The highest BCUT2D eigenvalue weighted by molar-refractivity contribution is 5.84. The van der Waals surface area contributed by atoms with Crippen LogP contribution in [0.1, 0.15) is 37.8 Å². The quantitative estimate of drug-likeness (QED) is 0.773. The minimum atomic E-state index is -0.935. The van der Waals surface area contributed by atoms with E-state index in [1.165, 1.54) is 6.92 Å². The molecule has 1 aromatic rings. The molecular formula is C14H20O3. The van der Waals surface area contributed by atoms with Gasteiger partial charge in [0.1, 0.15) is 5.75 Å². The van der Waals surface area contributed by atoms with Crippen molar-refractivity contribution in [3.05, 3.63) is 41.5 Å².